The van der Waals surface area contributed by atoms with Gasteiger partial charge in [0.15, 0.2) is 0 Å². The minimum atomic E-state index is -1.22. The Labute approximate surface area is 206 Å². The van der Waals surface area contributed by atoms with Crippen molar-refractivity contribution in [2.24, 2.45) is 5.92 Å². The van der Waals surface area contributed by atoms with E-state index in [9.17, 15) is 19.8 Å². The second-order valence-corrected chi connectivity index (χ2v) is 10.3. The molecule has 0 aromatic heterocycles. The fraction of sp³-hybridized carbons (Fsp3) is 0.500. The lowest BCUT2D eigenvalue weighted by Crippen LogP contribution is -2.54. The molecule has 2 aliphatic heterocycles. The van der Waals surface area contributed by atoms with E-state index in [1.54, 1.807) is 0 Å². The van der Waals surface area contributed by atoms with Crippen molar-refractivity contribution in [1.29, 1.82) is 0 Å². The van der Waals surface area contributed by atoms with E-state index in [1.165, 1.54) is 56.3 Å². The summed E-state index contributed by atoms with van der Waals surface area (Å²) in [7, 11) is 0. The molecule has 0 bridgehead atoms. The number of aliphatic carboxylic acids is 1. The summed E-state index contributed by atoms with van der Waals surface area (Å²) in [6, 6.07) is 18.0. The first-order valence-corrected chi connectivity index (χ1v) is 12.7. The maximum Gasteiger partial charge on any atom is 0.408 e. The predicted octanol–water partition coefficient (Wildman–Crippen LogP) is 4.60. The van der Waals surface area contributed by atoms with Crippen molar-refractivity contribution < 1.29 is 24.5 Å². The van der Waals surface area contributed by atoms with Gasteiger partial charge < -0.3 is 14.9 Å². The highest BCUT2D eigenvalue weighted by Gasteiger charge is 2.44. The Morgan fingerprint density at radius 3 is 2.34 bits per heavy atom. The number of amides is 1. The van der Waals surface area contributed by atoms with Crippen LogP contribution in [0, 0.1) is 5.92 Å². The van der Waals surface area contributed by atoms with Crippen LogP contribution in [0.3, 0.4) is 0 Å². The van der Waals surface area contributed by atoms with Gasteiger partial charge in [-0.15, -0.1) is 0 Å². The number of likely N-dealkylation sites (tertiary alicyclic amines) is 2. The monoisotopic (exact) mass is 478 g/mol. The van der Waals surface area contributed by atoms with Crippen molar-refractivity contribution in [3.63, 3.8) is 0 Å². The molecule has 7 heteroatoms. The number of carboxylic acids is 1. The summed E-state index contributed by atoms with van der Waals surface area (Å²) in [6.45, 7) is 2.46. The number of carboxylic acid groups (broad SMARTS) is 2. The van der Waals surface area contributed by atoms with Gasteiger partial charge in [0.25, 0.3) is 0 Å². The number of nitrogens with zero attached hydrogens (tertiary/aromatic N) is 2. The van der Waals surface area contributed by atoms with E-state index in [0.717, 1.165) is 11.3 Å². The minimum Gasteiger partial charge on any atom is -0.488 e. The number of rotatable bonds is 7. The van der Waals surface area contributed by atoms with E-state index < -0.39 is 24.2 Å². The van der Waals surface area contributed by atoms with Crippen molar-refractivity contribution in [3.05, 3.63) is 65.7 Å². The molecule has 7 nitrogen and oxygen atoms in total. The molecule has 3 fully saturated rings. The van der Waals surface area contributed by atoms with Crippen LogP contribution in [-0.2, 0) is 16.8 Å². The van der Waals surface area contributed by atoms with Crippen LogP contribution in [0.4, 0.5) is 4.79 Å². The van der Waals surface area contributed by atoms with E-state index in [4.69, 9.17) is 4.74 Å². The molecule has 2 atom stereocenters. The maximum absolute atomic E-state index is 11.4. The third-order valence-corrected chi connectivity index (χ3v) is 8.22. The summed E-state index contributed by atoms with van der Waals surface area (Å²) in [5.41, 5.74) is 2.85. The lowest BCUT2D eigenvalue weighted by molar-refractivity contribution is -0.141. The van der Waals surface area contributed by atoms with Gasteiger partial charge in [0.1, 0.15) is 17.9 Å². The third kappa shape index (κ3) is 4.87. The standard InChI is InChI=1S/C28H34N2O5/c31-26(32)25-18-24(19-30(25)27(33)34)35-23-9-4-6-21(17-23)16-20-10-12-28(13-11-20,29-14-5-15-29)22-7-2-1-3-8-22/h1-4,6-9,17,20,24-25H,5,10-16,18-19H2,(H,31,32)(H,33,34)/t20?,24-,25-,28?/m0/s1. The van der Waals surface area contributed by atoms with Crippen molar-refractivity contribution >= 4 is 12.1 Å². The molecule has 0 spiro atoms. The Morgan fingerprint density at radius 2 is 1.74 bits per heavy atom. The fourth-order valence-corrected chi connectivity index (χ4v) is 6.24. The van der Waals surface area contributed by atoms with Gasteiger partial charge >= 0.3 is 12.1 Å². The molecule has 186 valence electrons. The molecule has 35 heavy (non-hydrogen) atoms. The molecule has 1 amide bonds. The fourth-order valence-electron chi connectivity index (χ4n) is 6.24. The summed E-state index contributed by atoms with van der Waals surface area (Å²) in [4.78, 5) is 26.5. The molecule has 2 heterocycles. The van der Waals surface area contributed by atoms with E-state index in [2.05, 4.69) is 41.3 Å². The average molecular weight is 479 g/mol. The lowest BCUT2D eigenvalue weighted by atomic mass is 9.69. The van der Waals surface area contributed by atoms with Gasteiger partial charge in [-0.1, -0.05) is 42.5 Å². The van der Waals surface area contributed by atoms with Crippen LogP contribution in [0.15, 0.2) is 54.6 Å². The second-order valence-electron chi connectivity index (χ2n) is 10.3. The van der Waals surface area contributed by atoms with Gasteiger partial charge in [-0.25, -0.2) is 9.59 Å². The summed E-state index contributed by atoms with van der Waals surface area (Å²) >= 11 is 0. The van der Waals surface area contributed by atoms with Gasteiger partial charge in [-0.2, -0.15) is 0 Å². The van der Waals surface area contributed by atoms with E-state index in [-0.39, 0.29) is 18.5 Å². The highest BCUT2D eigenvalue weighted by Crippen LogP contribution is 2.46. The number of hydrogen-bond donors (Lipinski definition) is 2. The second kappa shape index (κ2) is 9.90. The van der Waals surface area contributed by atoms with Crippen molar-refractivity contribution in [2.45, 2.75) is 62.6 Å². The average Bonchev–Trinajstić information content (AvgIpc) is 3.25. The van der Waals surface area contributed by atoms with Crippen LogP contribution in [0.2, 0.25) is 0 Å². The zero-order valence-electron chi connectivity index (χ0n) is 20.0. The van der Waals surface area contributed by atoms with E-state index in [1.807, 2.05) is 18.2 Å². The molecule has 0 radical (unpaired) electrons. The summed E-state index contributed by atoms with van der Waals surface area (Å²) in [6.07, 6.45) is 5.50. The Morgan fingerprint density at radius 1 is 1.00 bits per heavy atom. The highest BCUT2D eigenvalue weighted by atomic mass is 16.5. The number of benzene rings is 2. The van der Waals surface area contributed by atoms with Gasteiger partial charge in [-0.05, 0) is 67.7 Å². The first-order valence-electron chi connectivity index (χ1n) is 12.7. The minimum absolute atomic E-state index is 0.0667. The van der Waals surface area contributed by atoms with Crippen LogP contribution in [0.5, 0.6) is 5.75 Å². The quantitative estimate of drug-likeness (QED) is 0.604. The largest absolute Gasteiger partial charge is 0.488 e. The van der Waals surface area contributed by atoms with Crippen LogP contribution < -0.4 is 4.74 Å². The topological polar surface area (TPSA) is 90.3 Å². The molecule has 1 saturated carbocycles. The van der Waals surface area contributed by atoms with Gasteiger partial charge in [0, 0.05) is 25.0 Å². The van der Waals surface area contributed by atoms with E-state index >= 15 is 0 Å². The van der Waals surface area contributed by atoms with Crippen LogP contribution in [-0.4, -0.2) is 63.9 Å². The molecule has 0 unspecified atom stereocenters. The molecule has 2 aromatic carbocycles. The first-order chi connectivity index (χ1) is 16.9. The number of ether oxygens (including phenoxy) is 1. The Hall–Kier alpha value is -3.06. The SMILES string of the molecule is O=C(O)[C@@H]1C[C@H](Oc2cccc(CC3CCC(c4ccccc4)(N4CCC4)CC3)c2)CN1C(=O)O. The summed E-state index contributed by atoms with van der Waals surface area (Å²) < 4.78 is 6.04. The smallest absolute Gasteiger partial charge is 0.408 e. The number of carbonyl (C=O) groups is 2. The van der Waals surface area contributed by atoms with Crippen LogP contribution in [0.25, 0.3) is 0 Å². The lowest BCUT2D eigenvalue weighted by Gasteiger charge is -2.52. The zero-order valence-corrected chi connectivity index (χ0v) is 20.0. The molecule has 3 aliphatic rings. The van der Waals surface area contributed by atoms with Gasteiger partial charge in [0.2, 0.25) is 0 Å². The summed E-state index contributed by atoms with van der Waals surface area (Å²) in [5, 5.41) is 18.7. The molecular formula is C28H34N2O5. The van der Waals surface area contributed by atoms with Crippen molar-refractivity contribution in [1.82, 2.24) is 9.80 Å². The molecule has 2 N–H and O–H groups in total. The third-order valence-electron chi connectivity index (χ3n) is 8.22. The normalized spacial score (nSPS) is 28.9. The van der Waals surface area contributed by atoms with Gasteiger partial charge in [-0.3, -0.25) is 9.80 Å². The molecular weight excluding hydrogens is 444 g/mol. The Balaban J connectivity index is 1.21. The van der Waals surface area contributed by atoms with Crippen molar-refractivity contribution in [3.8, 4) is 5.75 Å². The maximum atomic E-state index is 11.4. The highest BCUT2D eigenvalue weighted by molar-refractivity contribution is 5.80. The Bertz CT molecular complexity index is 1020. The molecule has 1 aliphatic carbocycles. The molecule has 5 rings (SSSR count). The number of hydrogen-bond acceptors (Lipinski definition) is 4. The van der Waals surface area contributed by atoms with Crippen molar-refractivity contribution in [2.75, 3.05) is 19.6 Å². The molecule has 2 aromatic rings. The first kappa shape index (κ1) is 23.7. The zero-order chi connectivity index (χ0) is 24.4. The van der Waals surface area contributed by atoms with Gasteiger partial charge in [0.05, 0.1) is 6.54 Å². The van der Waals surface area contributed by atoms with Crippen LogP contribution in [0.1, 0.15) is 49.7 Å². The Kier molecular flexibility index (Phi) is 6.69. The summed E-state index contributed by atoms with van der Waals surface area (Å²) in [5.74, 6) is 0.169. The molecule has 2 saturated heterocycles. The van der Waals surface area contributed by atoms with E-state index in [0.29, 0.717) is 11.7 Å². The van der Waals surface area contributed by atoms with Crippen LogP contribution >= 0.6 is 0 Å². The predicted molar refractivity (Wildman–Crippen MR) is 132 cm³/mol.